The molecule has 1 heteroatoms. The van der Waals surface area contributed by atoms with Crippen molar-refractivity contribution in [3.8, 4) is 0 Å². The van der Waals surface area contributed by atoms with Crippen molar-refractivity contribution in [1.82, 2.24) is 0 Å². The van der Waals surface area contributed by atoms with Crippen LogP contribution in [0.15, 0.2) is 0 Å². The summed E-state index contributed by atoms with van der Waals surface area (Å²) < 4.78 is 5.50. The lowest BCUT2D eigenvalue weighted by molar-refractivity contribution is 0.00280. The van der Waals surface area contributed by atoms with Crippen molar-refractivity contribution in [2.75, 3.05) is 6.61 Å². The van der Waals surface area contributed by atoms with Crippen LogP contribution < -0.4 is 0 Å². The predicted molar refractivity (Wildman–Crippen MR) is 36.2 cm³/mol. The number of hydrogen-bond donors (Lipinski definition) is 0. The first kappa shape index (κ1) is 5.72. The molecule has 0 amide bonds. The van der Waals surface area contributed by atoms with Crippen molar-refractivity contribution in [3.63, 3.8) is 0 Å². The van der Waals surface area contributed by atoms with E-state index >= 15 is 0 Å². The van der Waals surface area contributed by atoms with Gasteiger partial charge in [0.1, 0.15) is 0 Å². The molecule has 1 unspecified atom stereocenters. The maximum absolute atomic E-state index is 5.50. The maximum Gasteiger partial charge on any atom is 0.0552 e. The number of ether oxygens (including phenoxy) is 1. The SMILES string of the molecule is C[C@H]1C[C@]2(C)CC2CO1. The number of rotatable bonds is 0. The van der Waals surface area contributed by atoms with Crippen LogP contribution in [0.2, 0.25) is 0 Å². The van der Waals surface area contributed by atoms with E-state index in [1.807, 2.05) is 0 Å². The Kier molecular flexibility index (Phi) is 0.963. The van der Waals surface area contributed by atoms with Crippen LogP contribution in [0.4, 0.5) is 0 Å². The minimum absolute atomic E-state index is 0.522. The Hall–Kier alpha value is -0.0400. The fourth-order valence-corrected chi connectivity index (χ4v) is 2.01. The van der Waals surface area contributed by atoms with E-state index in [-0.39, 0.29) is 0 Å². The van der Waals surface area contributed by atoms with Crippen molar-refractivity contribution in [2.45, 2.75) is 32.8 Å². The molecule has 0 spiro atoms. The standard InChI is InChI=1S/C8H14O/c1-6-3-8(2)4-7(8)5-9-6/h6-7H,3-5H2,1-2H3/t6-,7?,8+/m0/s1. The first-order valence-corrected chi connectivity index (χ1v) is 3.82. The second-order valence-electron chi connectivity index (χ2n) is 3.90. The van der Waals surface area contributed by atoms with Crippen LogP contribution in [-0.2, 0) is 4.74 Å². The maximum atomic E-state index is 5.50. The van der Waals surface area contributed by atoms with E-state index in [9.17, 15) is 0 Å². The minimum atomic E-state index is 0.522. The minimum Gasteiger partial charge on any atom is -0.378 e. The molecule has 0 aromatic carbocycles. The third-order valence-corrected chi connectivity index (χ3v) is 2.87. The van der Waals surface area contributed by atoms with Gasteiger partial charge in [0.15, 0.2) is 0 Å². The molecule has 1 aliphatic heterocycles. The molecule has 0 radical (unpaired) electrons. The van der Waals surface area contributed by atoms with Crippen LogP contribution in [0.1, 0.15) is 26.7 Å². The molecule has 3 atom stereocenters. The van der Waals surface area contributed by atoms with Crippen molar-refractivity contribution >= 4 is 0 Å². The van der Waals surface area contributed by atoms with Gasteiger partial charge in [-0.05, 0) is 31.1 Å². The Labute approximate surface area is 56.4 Å². The molecule has 0 aromatic heterocycles. The van der Waals surface area contributed by atoms with Gasteiger partial charge in [0.05, 0.1) is 12.7 Å². The van der Waals surface area contributed by atoms with Gasteiger partial charge in [0.25, 0.3) is 0 Å². The summed E-state index contributed by atoms with van der Waals surface area (Å²) in [6, 6.07) is 0. The van der Waals surface area contributed by atoms with Gasteiger partial charge in [-0.25, -0.2) is 0 Å². The molecule has 1 nitrogen and oxygen atoms in total. The quantitative estimate of drug-likeness (QED) is 0.481. The number of hydrogen-bond acceptors (Lipinski definition) is 1. The monoisotopic (exact) mass is 126 g/mol. The van der Waals surface area contributed by atoms with Crippen LogP contribution in [0.3, 0.4) is 0 Å². The first-order chi connectivity index (χ1) is 4.21. The van der Waals surface area contributed by atoms with Crippen molar-refractivity contribution in [1.29, 1.82) is 0 Å². The van der Waals surface area contributed by atoms with E-state index in [4.69, 9.17) is 4.74 Å². The van der Waals surface area contributed by atoms with E-state index in [2.05, 4.69) is 13.8 Å². The summed E-state index contributed by atoms with van der Waals surface area (Å²) in [5.74, 6) is 0.911. The molecule has 1 saturated heterocycles. The van der Waals surface area contributed by atoms with Gasteiger partial charge in [0.2, 0.25) is 0 Å². The van der Waals surface area contributed by atoms with Crippen LogP contribution >= 0.6 is 0 Å². The Morgan fingerprint density at radius 3 is 2.78 bits per heavy atom. The average Bonchev–Trinajstić information content (AvgIpc) is 2.38. The molecule has 1 heterocycles. The second kappa shape index (κ2) is 1.51. The molecular weight excluding hydrogens is 112 g/mol. The molecule has 1 saturated carbocycles. The highest BCUT2D eigenvalue weighted by atomic mass is 16.5. The molecule has 0 N–H and O–H groups in total. The summed E-state index contributed by atoms with van der Waals surface area (Å²) in [6.07, 6.45) is 3.23. The van der Waals surface area contributed by atoms with Crippen molar-refractivity contribution < 1.29 is 4.74 Å². The summed E-state index contributed by atoms with van der Waals surface area (Å²) in [6.45, 7) is 5.59. The van der Waals surface area contributed by atoms with E-state index in [1.54, 1.807) is 0 Å². The lowest BCUT2D eigenvalue weighted by atomic mass is 9.97. The fourth-order valence-electron chi connectivity index (χ4n) is 2.01. The van der Waals surface area contributed by atoms with E-state index in [0.717, 1.165) is 12.5 Å². The molecular formula is C8H14O. The van der Waals surface area contributed by atoms with Gasteiger partial charge in [-0.3, -0.25) is 0 Å². The van der Waals surface area contributed by atoms with Gasteiger partial charge in [-0.2, -0.15) is 0 Å². The fraction of sp³-hybridized carbons (Fsp3) is 1.00. The third kappa shape index (κ3) is 0.787. The van der Waals surface area contributed by atoms with Crippen LogP contribution in [0.25, 0.3) is 0 Å². The molecule has 0 bridgehead atoms. The van der Waals surface area contributed by atoms with Crippen LogP contribution in [0, 0.1) is 11.3 Å². The lowest BCUT2D eigenvalue weighted by Gasteiger charge is -2.23. The molecule has 9 heavy (non-hydrogen) atoms. The molecule has 2 rings (SSSR count). The highest BCUT2D eigenvalue weighted by molar-refractivity contribution is 5.01. The van der Waals surface area contributed by atoms with Gasteiger partial charge in [-0.15, -0.1) is 0 Å². The lowest BCUT2D eigenvalue weighted by Crippen LogP contribution is -2.22. The normalized spacial score (nSPS) is 56.7. The molecule has 1 aliphatic carbocycles. The number of fused-ring (bicyclic) bond motifs is 1. The Bertz CT molecular complexity index is 133. The average molecular weight is 126 g/mol. The Balaban J connectivity index is 2.03. The predicted octanol–water partition coefficient (Wildman–Crippen LogP) is 1.82. The highest BCUT2D eigenvalue weighted by Gasteiger charge is 2.53. The van der Waals surface area contributed by atoms with Gasteiger partial charge in [-0.1, -0.05) is 6.92 Å². The van der Waals surface area contributed by atoms with E-state index < -0.39 is 0 Å². The highest BCUT2D eigenvalue weighted by Crippen LogP contribution is 2.58. The third-order valence-electron chi connectivity index (χ3n) is 2.87. The largest absolute Gasteiger partial charge is 0.378 e. The van der Waals surface area contributed by atoms with Gasteiger partial charge >= 0.3 is 0 Å². The van der Waals surface area contributed by atoms with Crippen molar-refractivity contribution in [3.05, 3.63) is 0 Å². The Morgan fingerprint density at radius 2 is 2.22 bits per heavy atom. The molecule has 52 valence electrons. The molecule has 2 fully saturated rings. The Morgan fingerprint density at radius 1 is 1.44 bits per heavy atom. The second-order valence-corrected chi connectivity index (χ2v) is 3.90. The van der Waals surface area contributed by atoms with E-state index in [0.29, 0.717) is 11.5 Å². The summed E-state index contributed by atoms with van der Waals surface area (Å²) in [5, 5.41) is 0. The van der Waals surface area contributed by atoms with Crippen LogP contribution in [0.5, 0.6) is 0 Å². The summed E-state index contributed by atoms with van der Waals surface area (Å²) in [5.41, 5.74) is 0.692. The van der Waals surface area contributed by atoms with Gasteiger partial charge < -0.3 is 4.74 Å². The summed E-state index contributed by atoms with van der Waals surface area (Å²) in [7, 11) is 0. The topological polar surface area (TPSA) is 9.23 Å². The van der Waals surface area contributed by atoms with Crippen molar-refractivity contribution in [2.24, 2.45) is 11.3 Å². The first-order valence-electron chi connectivity index (χ1n) is 3.82. The zero-order valence-corrected chi connectivity index (χ0v) is 6.18. The molecule has 0 aromatic rings. The summed E-state index contributed by atoms with van der Waals surface area (Å²) in [4.78, 5) is 0. The van der Waals surface area contributed by atoms with Crippen LogP contribution in [-0.4, -0.2) is 12.7 Å². The summed E-state index contributed by atoms with van der Waals surface area (Å²) >= 11 is 0. The zero-order chi connectivity index (χ0) is 6.48. The van der Waals surface area contributed by atoms with Gasteiger partial charge in [0, 0.05) is 0 Å². The smallest absolute Gasteiger partial charge is 0.0552 e. The zero-order valence-electron chi connectivity index (χ0n) is 6.18. The molecule has 2 aliphatic rings. The van der Waals surface area contributed by atoms with E-state index in [1.165, 1.54) is 12.8 Å².